The van der Waals surface area contributed by atoms with Gasteiger partial charge in [-0.05, 0) is 47.9 Å². The van der Waals surface area contributed by atoms with Crippen molar-refractivity contribution in [3.05, 3.63) is 59.7 Å². The van der Waals surface area contributed by atoms with Crippen LogP contribution < -0.4 is 0 Å². The Bertz CT molecular complexity index is 928. The lowest BCUT2D eigenvalue weighted by atomic mass is 9.83. The number of nitrogens with zero attached hydrogens (tertiary/aromatic N) is 1. The molecule has 6 nitrogen and oxygen atoms in total. The van der Waals surface area contributed by atoms with Crippen molar-refractivity contribution in [1.29, 1.82) is 0 Å². The average molecular weight is 438 g/mol. The van der Waals surface area contributed by atoms with Crippen molar-refractivity contribution in [2.24, 2.45) is 0 Å². The predicted octanol–water partition coefficient (Wildman–Crippen LogP) is 4.30. The summed E-state index contributed by atoms with van der Waals surface area (Å²) >= 11 is 0. The summed E-state index contributed by atoms with van der Waals surface area (Å²) in [5.74, 6) is 0.0508. The number of methoxy groups -OCH3 is 2. The zero-order valence-corrected chi connectivity index (χ0v) is 18.7. The molecule has 2 saturated heterocycles. The minimum Gasteiger partial charge on any atom is -0.448 e. The first-order valence-corrected chi connectivity index (χ1v) is 11.4. The molecule has 2 unspecified atom stereocenters. The fourth-order valence-electron chi connectivity index (χ4n) is 6.03. The van der Waals surface area contributed by atoms with E-state index in [-0.39, 0.29) is 24.1 Å². The van der Waals surface area contributed by atoms with Crippen molar-refractivity contribution in [3.8, 4) is 11.1 Å². The quantitative estimate of drug-likeness (QED) is 0.683. The maximum Gasteiger partial charge on any atom is 0.410 e. The van der Waals surface area contributed by atoms with E-state index in [1.807, 2.05) is 29.2 Å². The molecule has 2 aromatic carbocycles. The molecular formula is C26H31NO5. The Balaban J connectivity index is 1.27. The third-order valence-electron chi connectivity index (χ3n) is 7.47. The number of carbonyl (C=O) groups excluding carboxylic acids is 1. The first-order chi connectivity index (χ1) is 15.5. The molecule has 5 rings (SSSR count). The number of fused-ring (bicyclic) bond motifs is 5. The zero-order valence-electron chi connectivity index (χ0n) is 18.7. The van der Waals surface area contributed by atoms with Crippen LogP contribution >= 0.6 is 0 Å². The Morgan fingerprint density at radius 2 is 1.53 bits per heavy atom. The van der Waals surface area contributed by atoms with Gasteiger partial charge in [0.15, 0.2) is 6.29 Å². The third-order valence-corrected chi connectivity index (χ3v) is 7.47. The molecule has 2 fully saturated rings. The van der Waals surface area contributed by atoms with Crippen molar-refractivity contribution in [2.75, 3.05) is 20.8 Å². The molecule has 1 amide bonds. The Hall–Kier alpha value is -2.41. The van der Waals surface area contributed by atoms with Gasteiger partial charge in [0.2, 0.25) is 0 Å². The van der Waals surface area contributed by atoms with E-state index < -0.39 is 11.9 Å². The van der Waals surface area contributed by atoms with Gasteiger partial charge in [0.1, 0.15) is 6.61 Å². The van der Waals surface area contributed by atoms with Gasteiger partial charge in [-0.3, -0.25) is 0 Å². The smallest absolute Gasteiger partial charge is 0.410 e. The van der Waals surface area contributed by atoms with Crippen molar-refractivity contribution in [2.45, 2.75) is 62.0 Å². The Morgan fingerprint density at radius 3 is 2.06 bits per heavy atom. The van der Waals surface area contributed by atoms with Crippen LogP contribution in [-0.2, 0) is 14.2 Å². The van der Waals surface area contributed by atoms with Gasteiger partial charge in [0, 0.05) is 38.6 Å². The summed E-state index contributed by atoms with van der Waals surface area (Å²) in [6.45, 7) is 0.322. The molecule has 1 aliphatic carbocycles. The average Bonchev–Trinajstić information content (AvgIpc) is 3.28. The number of carbonyl (C=O) groups is 1. The summed E-state index contributed by atoms with van der Waals surface area (Å²) < 4.78 is 16.5. The number of benzene rings is 2. The molecular weight excluding hydrogens is 406 g/mol. The Morgan fingerprint density at radius 1 is 1.00 bits per heavy atom. The van der Waals surface area contributed by atoms with E-state index in [9.17, 15) is 9.90 Å². The highest BCUT2D eigenvalue weighted by atomic mass is 16.7. The van der Waals surface area contributed by atoms with Crippen LogP contribution in [0.5, 0.6) is 0 Å². The number of piperidine rings is 1. The molecule has 0 saturated carbocycles. The van der Waals surface area contributed by atoms with Gasteiger partial charge in [0.05, 0.1) is 5.60 Å². The molecule has 0 spiro atoms. The van der Waals surface area contributed by atoms with Crippen LogP contribution in [0.1, 0.15) is 49.1 Å². The fourth-order valence-corrected chi connectivity index (χ4v) is 6.03. The Kier molecular flexibility index (Phi) is 5.70. The largest absolute Gasteiger partial charge is 0.448 e. The van der Waals surface area contributed by atoms with E-state index in [4.69, 9.17) is 14.2 Å². The molecule has 2 heterocycles. The summed E-state index contributed by atoms with van der Waals surface area (Å²) in [7, 11) is 3.16. The van der Waals surface area contributed by atoms with Gasteiger partial charge in [-0.2, -0.15) is 0 Å². The van der Waals surface area contributed by atoms with Crippen LogP contribution in [-0.4, -0.2) is 60.9 Å². The van der Waals surface area contributed by atoms with Crippen LogP contribution in [0, 0.1) is 0 Å². The number of aliphatic hydroxyl groups is 1. The molecule has 6 heteroatoms. The summed E-state index contributed by atoms with van der Waals surface area (Å²) in [5, 5.41) is 11.2. The lowest BCUT2D eigenvalue weighted by Gasteiger charge is -2.44. The second kappa shape index (κ2) is 8.50. The van der Waals surface area contributed by atoms with Gasteiger partial charge >= 0.3 is 6.09 Å². The summed E-state index contributed by atoms with van der Waals surface area (Å²) in [6.07, 6.45) is 2.53. The van der Waals surface area contributed by atoms with E-state index in [0.717, 1.165) is 12.8 Å². The lowest BCUT2D eigenvalue weighted by molar-refractivity contribution is -0.158. The van der Waals surface area contributed by atoms with Crippen molar-refractivity contribution >= 4 is 6.09 Å². The van der Waals surface area contributed by atoms with Crippen LogP contribution in [0.4, 0.5) is 4.79 Å². The molecule has 2 aliphatic heterocycles. The summed E-state index contributed by atoms with van der Waals surface area (Å²) in [4.78, 5) is 15.0. The molecule has 2 bridgehead atoms. The number of amides is 1. The molecule has 170 valence electrons. The summed E-state index contributed by atoms with van der Waals surface area (Å²) in [6, 6.07) is 16.7. The monoisotopic (exact) mass is 437 g/mol. The van der Waals surface area contributed by atoms with Crippen molar-refractivity contribution in [3.63, 3.8) is 0 Å². The standard InChI is InChI=1S/C26H31NO5/c1-30-24(31-2)15-26(29)13-17-11-12-18(14-26)27(17)25(28)32-16-23-21-9-5-3-7-19(21)20-8-4-6-10-22(20)23/h3-10,17-18,23-24,29H,11-16H2,1-2H3. The highest BCUT2D eigenvalue weighted by Crippen LogP contribution is 2.46. The van der Waals surface area contributed by atoms with Crippen LogP contribution in [0.3, 0.4) is 0 Å². The van der Waals surface area contributed by atoms with Gasteiger partial charge in [0.25, 0.3) is 0 Å². The number of hydrogen-bond donors (Lipinski definition) is 1. The van der Waals surface area contributed by atoms with Crippen molar-refractivity contribution in [1.82, 2.24) is 4.90 Å². The number of ether oxygens (including phenoxy) is 3. The summed E-state index contributed by atoms with van der Waals surface area (Å²) in [5.41, 5.74) is 3.98. The molecule has 2 atom stereocenters. The second-order valence-corrected chi connectivity index (χ2v) is 9.33. The third kappa shape index (κ3) is 3.70. The van der Waals surface area contributed by atoms with Gasteiger partial charge in [-0.1, -0.05) is 48.5 Å². The Labute approximate surface area is 189 Å². The van der Waals surface area contributed by atoms with E-state index in [0.29, 0.717) is 25.9 Å². The first kappa shape index (κ1) is 21.4. The first-order valence-electron chi connectivity index (χ1n) is 11.4. The van der Waals surface area contributed by atoms with Gasteiger partial charge < -0.3 is 24.2 Å². The maximum absolute atomic E-state index is 13.2. The molecule has 2 aromatic rings. The second-order valence-electron chi connectivity index (χ2n) is 9.33. The molecule has 1 N–H and O–H groups in total. The van der Waals surface area contributed by atoms with Crippen molar-refractivity contribution < 1.29 is 24.1 Å². The fraction of sp³-hybridized carbons (Fsp3) is 0.500. The minimum absolute atomic E-state index is 0.0104. The maximum atomic E-state index is 13.2. The number of hydrogen-bond acceptors (Lipinski definition) is 5. The highest BCUT2D eigenvalue weighted by Gasteiger charge is 2.50. The molecule has 3 aliphatic rings. The van der Waals surface area contributed by atoms with Crippen LogP contribution in [0.2, 0.25) is 0 Å². The highest BCUT2D eigenvalue weighted by molar-refractivity contribution is 5.79. The van der Waals surface area contributed by atoms with E-state index >= 15 is 0 Å². The predicted molar refractivity (Wildman–Crippen MR) is 120 cm³/mol. The zero-order chi connectivity index (χ0) is 22.3. The lowest BCUT2D eigenvalue weighted by Crippen LogP contribution is -2.54. The van der Waals surface area contributed by atoms with Gasteiger partial charge in [-0.25, -0.2) is 4.79 Å². The normalized spacial score (nSPS) is 26.3. The minimum atomic E-state index is -0.886. The topological polar surface area (TPSA) is 68.2 Å². The van der Waals surface area contributed by atoms with E-state index in [2.05, 4.69) is 24.3 Å². The number of rotatable bonds is 6. The van der Waals surface area contributed by atoms with Crippen LogP contribution in [0.25, 0.3) is 11.1 Å². The molecule has 32 heavy (non-hydrogen) atoms. The van der Waals surface area contributed by atoms with E-state index in [1.54, 1.807) is 14.2 Å². The molecule has 0 aromatic heterocycles. The SMILES string of the molecule is COC(CC1(O)CC2CCC(C1)N2C(=O)OCC1c2ccccc2-c2ccccc21)OC. The molecule has 0 radical (unpaired) electrons. The van der Waals surface area contributed by atoms with Crippen LogP contribution in [0.15, 0.2) is 48.5 Å². The van der Waals surface area contributed by atoms with E-state index in [1.165, 1.54) is 22.3 Å². The van der Waals surface area contributed by atoms with Gasteiger partial charge in [-0.15, -0.1) is 0 Å².